The molecule has 1 N–H and O–H groups in total. The van der Waals surface area contributed by atoms with E-state index in [1.165, 1.54) is 12.3 Å². The molecule has 0 aliphatic heterocycles. The van der Waals surface area contributed by atoms with Gasteiger partial charge in [0.15, 0.2) is 5.82 Å². The summed E-state index contributed by atoms with van der Waals surface area (Å²) >= 11 is 5.86. The molecule has 24 heavy (non-hydrogen) atoms. The van der Waals surface area contributed by atoms with Crippen LogP contribution in [0.1, 0.15) is 5.56 Å². The van der Waals surface area contributed by atoms with Crippen LogP contribution in [0, 0.1) is 6.92 Å². The number of benzene rings is 1. The van der Waals surface area contributed by atoms with Crippen molar-refractivity contribution in [2.24, 2.45) is 7.05 Å². The van der Waals surface area contributed by atoms with Gasteiger partial charge in [-0.15, -0.1) is 10.2 Å². The Bertz CT molecular complexity index is 1000. The first kappa shape index (κ1) is 16.4. The van der Waals surface area contributed by atoms with E-state index in [9.17, 15) is 8.42 Å². The summed E-state index contributed by atoms with van der Waals surface area (Å²) < 4.78 is 29.6. The van der Waals surface area contributed by atoms with Crippen molar-refractivity contribution >= 4 is 27.3 Å². The number of hydrogen-bond acceptors (Lipinski definition) is 5. The van der Waals surface area contributed by atoms with Crippen LogP contribution in [0.4, 0.5) is 5.69 Å². The highest BCUT2D eigenvalue weighted by Crippen LogP contribution is 2.28. The third kappa shape index (κ3) is 3.10. The Kier molecular flexibility index (Phi) is 4.25. The number of nitrogens with zero attached hydrogens (tertiary/aromatic N) is 4. The Morgan fingerprint density at radius 3 is 2.67 bits per heavy atom. The fourth-order valence-electron chi connectivity index (χ4n) is 2.18. The lowest BCUT2D eigenvalue weighted by atomic mass is 10.2. The highest BCUT2D eigenvalue weighted by molar-refractivity contribution is 7.92. The molecule has 9 heteroatoms. The van der Waals surface area contributed by atoms with Gasteiger partial charge in [-0.2, -0.15) is 0 Å². The summed E-state index contributed by atoms with van der Waals surface area (Å²) in [6, 6.07) is 8.45. The van der Waals surface area contributed by atoms with E-state index in [4.69, 9.17) is 11.6 Å². The molecule has 3 aromatic rings. The van der Waals surface area contributed by atoms with E-state index < -0.39 is 10.0 Å². The number of anilines is 1. The van der Waals surface area contributed by atoms with Crippen LogP contribution in [0.2, 0.25) is 5.15 Å². The Morgan fingerprint density at radius 2 is 2.00 bits per heavy atom. The molecule has 7 nitrogen and oxygen atoms in total. The van der Waals surface area contributed by atoms with E-state index >= 15 is 0 Å². The Labute approximate surface area is 144 Å². The first-order valence-electron chi connectivity index (χ1n) is 6.97. The van der Waals surface area contributed by atoms with Gasteiger partial charge in [0.25, 0.3) is 10.0 Å². The third-order valence-electron chi connectivity index (χ3n) is 3.42. The predicted molar refractivity (Wildman–Crippen MR) is 91.2 cm³/mol. The Hall–Kier alpha value is -2.45. The molecule has 0 saturated carbocycles. The fourth-order valence-corrected chi connectivity index (χ4v) is 3.39. The number of pyridine rings is 1. The number of hydrogen-bond donors (Lipinski definition) is 1. The van der Waals surface area contributed by atoms with Gasteiger partial charge in [0, 0.05) is 18.8 Å². The van der Waals surface area contributed by atoms with Crippen molar-refractivity contribution in [2.75, 3.05) is 4.72 Å². The van der Waals surface area contributed by atoms with Crippen molar-refractivity contribution in [3.8, 4) is 11.4 Å². The molecule has 0 fully saturated rings. The molecule has 2 heterocycles. The molecule has 0 aliphatic carbocycles. The SMILES string of the molecule is Cc1cc(S(=O)(=O)Nc2ccccc2-c2nncn2C)cnc1Cl. The second-order valence-corrected chi connectivity index (χ2v) is 7.24. The molecule has 0 unspecified atom stereocenters. The Morgan fingerprint density at radius 1 is 1.25 bits per heavy atom. The summed E-state index contributed by atoms with van der Waals surface area (Å²) in [6.45, 7) is 1.70. The third-order valence-corrected chi connectivity index (χ3v) is 5.15. The number of nitrogens with one attached hydrogen (secondary N) is 1. The minimum absolute atomic E-state index is 0.0390. The number of halogens is 1. The molecule has 0 spiro atoms. The van der Waals surface area contributed by atoms with Crippen LogP contribution in [0.25, 0.3) is 11.4 Å². The zero-order valence-corrected chi connectivity index (χ0v) is 14.5. The lowest BCUT2D eigenvalue weighted by Gasteiger charge is -2.12. The molecule has 0 amide bonds. The highest BCUT2D eigenvalue weighted by Gasteiger charge is 2.19. The largest absolute Gasteiger partial charge is 0.317 e. The van der Waals surface area contributed by atoms with Crippen molar-refractivity contribution < 1.29 is 8.42 Å². The van der Waals surface area contributed by atoms with Crippen LogP contribution in [-0.2, 0) is 17.1 Å². The zero-order chi connectivity index (χ0) is 17.3. The average Bonchev–Trinajstić information content (AvgIpc) is 2.96. The maximum absolute atomic E-state index is 12.6. The first-order chi connectivity index (χ1) is 11.4. The summed E-state index contributed by atoms with van der Waals surface area (Å²) in [5.74, 6) is 0.554. The summed E-state index contributed by atoms with van der Waals surface area (Å²) in [4.78, 5) is 3.93. The molecule has 1 aromatic carbocycles. The number of para-hydroxylation sites is 1. The van der Waals surface area contributed by atoms with Crippen LogP contribution < -0.4 is 4.72 Å². The smallest absolute Gasteiger partial charge is 0.263 e. The van der Waals surface area contributed by atoms with Crippen LogP contribution in [0.3, 0.4) is 0 Å². The maximum atomic E-state index is 12.6. The molecule has 124 valence electrons. The summed E-state index contributed by atoms with van der Waals surface area (Å²) in [6.07, 6.45) is 2.77. The summed E-state index contributed by atoms with van der Waals surface area (Å²) in [5, 5.41) is 8.12. The van der Waals surface area contributed by atoms with Crippen molar-refractivity contribution in [3.05, 3.63) is 53.6 Å². The van der Waals surface area contributed by atoms with Crippen LogP contribution in [0.15, 0.2) is 47.8 Å². The molecule has 0 saturated heterocycles. The average molecular weight is 364 g/mol. The van der Waals surface area contributed by atoms with Gasteiger partial charge in [0.2, 0.25) is 0 Å². The van der Waals surface area contributed by atoms with E-state index in [1.807, 2.05) is 0 Å². The molecule has 0 aliphatic rings. The van der Waals surface area contributed by atoms with Gasteiger partial charge in [0.05, 0.1) is 5.69 Å². The van der Waals surface area contributed by atoms with Gasteiger partial charge in [0.1, 0.15) is 16.4 Å². The standard InChI is InChI=1S/C15H14ClN5O2S/c1-10-7-11(8-17-14(10)16)24(22,23)20-13-6-4-3-5-12(13)15-19-18-9-21(15)2/h3-9,20H,1-2H3. The molecule has 0 atom stereocenters. The number of aryl methyl sites for hydroxylation is 2. The van der Waals surface area contributed by atoms with Crippen molar-refractivity contribution in [2.45, 2.75) is 11.8 Å². The lowest BCUT2D eigenvalue weighted by Crippen LogP contribution is -2.14. The van der Waals surface area contributed by atoms with Crippen molar-refractivity contribution in [1.29, 1.82) is 0 Å². The maximum Gasteiger partial charge on any atom is 0.263 e. The van der Waals surface area contributed by atoms with E-state index in [2.05, 4.69) is 19.9 Å². The second-order valence-electron chi connectivity index (χ2n) is 5.20. The van der Waals surface area contributed by atoms with Gasteiger partial charge in [-0.3, -0.25) is 4.72 Å². The van der Waals surface area contributed by atoms with Crippen molar-refractivity contribution in [3.63, 3.8) is 0 Å². The normalized spacial score (nSPS) is 11.5. The Balaban J connectivity index is 2.02. The topological polar surface area (TPSA) is 89.8 Å². The molecule has 0 bridgehead atoms. The molecule has 0 radical (unpaired) electrons. The van der Waals surface area contributed by atoms with Crippen LogP contribution >= 0.6 is 11.6 Å². The lowest BCUT2D eigenvalue weighted by molar-refractivity contribution is 0.600. The molecular formula is C15H14ClN5O2S. The van der Waals surface area contributed by atoms with E-state index in [-0.39, 0.29) is 10.0 Å². The molecule has 2 aromatic heterocycles. The molecular weight excluding hydrogens is 350 g/mol. The summed E-state index contributed by atoms with van der Waals surface area (Å²) in [5.41, 5.74) is 1.61. The second kappa shape index (κ2) is 6.21. The summed E-state index contributed by atoms with van der Waals surface area (Å²) in [7, 11) is -2.02. The van der Waals surface area contributed by atoms with Gasteiger partial charge in [-0.05, 0) is 30.7 Å². The minimum atomic E-state index is -3.81. The monoisotopic (exact) mass is 363 g/mol. The first-order valence-corrected chi connectivity index (χ1v) is 8.83. The van der Waals surface area contributed by atoms with Crippen LogP contribution in [0.5, 0.6) is 0 Å². The quantitative estimate of drug-likeness (QED) is 0.720. The van der Waals surface area contributed by atoms with Crippen molar-refractivity contribution in [1.82, 2.24) is 19.7 Å². The van der Waals surface area contributed by atoms with Gasteiger partial charge in [-0.1, -0.05) is 23.7 Å². The molecule has 3 rings (SSSR count). The van der Waals surface area contributed by atoms with Gasteiger partial charge >= 0.3 is 0 Å². The fraction of sp³-hybridized carbons (Fsp3) is 0.133. The number of rotatable bonds is 4. The van der Waals surface area contributed by atoms with Gasteiger partial charge < -0.3 is 4.57 Å². The number of aromatic nitrogens is 4. The van der Waals surface area contributed by atoms with E-state index in [0.717, 1.165) is 0 Å². The predicted octanol–water partition coefficient (Wildman–Crippen LogP) is 2.64. The zero-order valence-electron chi connectivity index (χ0n) is 12.9. The van der Waals surface area contributed by atoms with Crippen LogP contribution in [-0.4, -0.2) is 28.2 Å². The minimum Gasteiger partial charge on any atom is -0.317 e. The van der Waals surface area contributed by atoms with Gasteiger partial charge in [-0.25, -0.2) is 13.4 Å². The number of sulfonamides is 1. The van der Waals surface area contributed by atoms with E-state index in [1.54, 1.807) is 49.1 Å². The highest BCUT2D eigenvalue weighted by atomic mass is 35.5. The van der Waals surface area contributed by atoms with E-state index in [0.29, 0.717) is 22.6 Å².